The van der Waals surface area contributed by atoms with Crippen molar-refractivity contribution < 1.29 is 9.59 Å². The molecule has 1 unspecified atom stereocenters. The van der Waals surface area contributed by atoms with E-state index >= 15 is 0 Å². The normalized spacial score (nSPS) is 16.2. The average Bonchev–Trinajstić information content (AvgIpc) is 3.08. The Morgan fingerprint density at radius 3 is 2.64 bits per heavy atom. The highest BCUT2D eigenvalue weighted by atomic mass is 16.2. The maximum absolute atomic E-state index is 13.1. The van der Waals surface area contributed by atoms with Crippen molar-refractivity contribution in [3.8, 4) is 0 Å². The second kappa shape index (κ2) is 7.46. The third kappa shape index (κ3) is 3.63. The summed E-state index contributed by atoms with van der Waals surface area (Å²) in [6, 6.07) is 15.0. The van der Waals surface area contributed by atoms with E-state index in [0.717, 1.165) is 16.6 Å². The molecule has 0 bridgehead atoms. The summed E-state index contributed by atoms with van der Waals surface area (Å²) in [6.07, 6.45) is 2.78. The molecule has 2 aromatic heterocycles. The molecule has 0 fully saturated rings. The van der Waals surface area contributed by atoms with Crippen molar-refractivity contribution in [2.24, 2.45) is 5.92 Å². The number of carbonyl (C=O) groups excluding carboxylic acids is 2. The molecule has 4 rings (SSSR count). The SMILES string of the molecule is CC(C)CC(=O)N1Cc2ccccc2CC1C(=O)Nc1cc2ccccn2n1. The number of pyridine rings is 1. The van der Waals surface area contributed by atoms with Crippen molar-refractivity contribution in [2.75, 3.05) is 5.32 Å². The summed E-state index contributed by atoms with van der Waals surface area (Å²) in [5.41, 5.74) is 3.13. The molecule has 1 N–H and O–H groups in total. The number of nitrogens with one attached hydrogen (secondary N) is 1. The molecule has 0 saturated heterocycles. The minimum Gasteiger partial charge on any atom is -0.326 e. The predicted molar refractivity (Wildman–Crippen MR) is 108 cm³/mol. The lowest BCUT2D eigenvalue weighted by Gasteiger charge is -2.36. The second-order valence-electron chi connectivity index (χ2n) is 7.70. The number of amides is 2. The van der Waals surface area contributed by atoms with Crippen LogP contribution in [0.3, 0.4) is 0 Å². The highest BCUT2D eigenvalue weighted by Crippen LogP contribution is 2.25. The van der Waals surface area contributed by atoms with Gasteiger partial charge in [-0.05, 0) is 29.2 Å². The third-order valence-electron chi connectivity index (χ3n) is 5.08. The predicted octanol–water partition coefficient (Wildman–Crippen LogP) is 3.27. The van der Waals surface area contributed by atoms with Crippen LogP contribution < -0.4 is 5.32 Å². The molecule has 1 aliphatic heterocycles. The van der Waals surface area contributed by atoms with Crippen LogP contribution in [0.25, 0.3) is 5.52 Å². The zero-order valence-corrected chi connectivity index (χ0v) is 16.1. The van der Waals surface area contributed by atoms with Crippen LogP contribution in [-0.2, 0) is 22.6 Å². The molecule has 6 heteroatoms. The topological polar surface area (TPSA) is 66.7 Å². The number of rotatable bonds is 4. The third-order valence-corrected chi connectivity index (χ3v) is 5.08. The Morgan fingerprint density at radius 1 is 1.14 bits per heavy atom. The minimum atomic E-state index is -0.536. The van der Waals surface area contributed by atoms with Gasteiger partial charge in [-0.15, -0.1) is 0 Å². The van der Waals surface area contributed by atoms with Crippen molar-refractivity contribution >= 4 is 23.1 Å². The van der Waals surface area contributed by atoms with E-state index in [0.29, 0.717) is 25.2 Å². The van der Waals surface area contributed by atoms with Crippen molar-refractivity contribution in [3.63, 3.8) is 0 Å². The minimum absolute atomic E-state index is 0.0136. The van der Waals surface area contributed by atoms with Gasteiger partial charge in [0.1, 0.15) is 6.04 Å². The number of hydrogen-bond acceptors (Lipinski definition) is 3. The van der Waals surface area contributed by atoms with E-state index in [2.05, 4.69) is 10.4 Å². The molecule has 2 amide bonds. The summed E-state index contributed by atoms with van der Waals surface area (Å²) in [4.78, 5) is 27.7. The van der Waals surface area contributed by atoms with E-state index in [4.69, 9.17) is 0 Å². The molecule has 28 heavy (non-hydrogen) atoms. The van der Waals surface area contributed by atoms with E-state index in [-0.39, 0.29) is 17.7 Å². The molecule has 0 spiro atoms. The molecule has 1 atom stereocenters. The fourth-order valence-electron chi connectivity index (χ4n) is 3.69. The van der Waals surface area contributed by atoms with Crippen molar-refractivity contribution in [3.05, 3.63) is 65.9 Å². The van der Waals surface area contributed by atoms with Gasteiger partial charge in [0.25, 0.3) is 0 Å². The van der Waals surface area contributed by atoms with Gasteiger partial charge in [0, 0.05) is 31.6 Å². The first-order valence-corrected chi connectivity index (χ1v) is 9.63. The first-order valence-electron chi connectivity index (χ1n) is 9.63. The number of hydrogen-bond donors (Lipinski definition) is 1. The Morgan fingerprint density at radius 2 is 1.89 bits per heavy atom. The number of fused-ring (bicyclic) bond motifs is 2. The molecule has 1 aromatic carbocycles. The molecular formula is C22H24N4O2. The highest BCUT2D eigenvalue weighted by molar-refractivity contribution is 5.97. The monoisotopic (exact) mass is 376 g/mol. The zero-order valence-electron chi connectivity index (χ0n) is 16.1. The number of anilines is 1. The van der Waals surface area contributed by atoms with Crippen LogP contribution in [0.5, 0.6) is 0 Å². The van der Waals surface area contributed by atoms with Crippen LogP contribution >= 0.6 is 0 Å². The molecular weight excluding hydrogens is 352 g/mol. The molecule has 6 nitrogen and oxygen atoms in total. The molecule has 3 heterocycles. The lowest BCUT2D eigenvalue weighted by molar-refractivity contribution is -0.140. The fraction of sp³-hybridized carbons (Fsp3) is 0.318. The van der Waals surface area contributed by atoms with Crippen LogP contribution in [0.15, 0.2) is 54.7 Å². The van der Waals surface area contributed by atoms with Gasteiger partial charge in [0.05, 0.1) is 5.52 Å². The Kier molecular flexibility index (Phi) is 4.86. The van der Waals surface area contributed by atoms with Crippen LogP contribution in [0, 0.1) is 5.92 Å². The summed E-state index contributed by atoms with van der Waals surface area (Å²) in [5, 5.41) is 7.30. The Labute approximate surface area is 164 Å². The number of aromatic nitrogens is 2. The van der Waals surface area contributed by atoms with E-state index in [9.17, 15) is 9.59 Å². The molecule has 1 aliphatic rings. The van der Waals surface area contributed by atoms with Crippen molar-refractivity contribution in [1.29, 1.82) is 0 Å². The summed E-state index contributed by atoms with van der Waals surface area (Å²) in [7, 11) is 0. The molecule has 144 valence electrons. The second-order valence-corrected chi connectivity index (χ2v) is 7.70. The number of nitrogens with zero attached hydrogens (tertiary/aromatic N) is 3. The van der Waals surface area contributed by atoms with Crippen LogP contribution in [-0.4, -0.2) is 32.4 Å². The molecule has 0 radical (unpaired) electrons. The maximum atomic E-state index is 13.1. The molecule has 3 aromatic rings. The Bertz CT molecular complexity index is 991. The summed E-state index contributed by atoms with van der Waals surface area (Å²) in [6.45, 7) is 4.49. The Hall–Kier alpha value is -3.15. The smallest absolute Gasteiger partial charge is 0.248 e. The standard InChI is InChI=1S/C22H24N4O2/c1-15(2)11-21(27)25-14-17-8-4-3-7-16(17)12-19(25)22(28)23-20-13-18-9-5-6-10-26(18)24-20/h3-10,13,15,19H,11-12,14H2,1-2H3,(H,23,24,28). The highest BCUT2D eigenvalue weighted by Gasteiger charge is 2.34. The lowest BCUT2D eigenvalue weighted by Crippen LogP contribution is -2.50. The van der Waals surface area contributed by atoms with Gasteiger partial charge in [-0.1, -0.05) is 44.2 Å². The van der Waals surface area contributed by atoms with E-state index < -0.39 is 6.04 Å². The van der Waals surface area contributed by atoms with Gasteiger partial charge in [-0.3, -0.25) is 9.59 Å². The van der Waals surface area contributed by atoms with Crippen molar-refractivity contribution in [2.45, 2.75) is 39.3 Å². The zero-order chi connectivity index (χ0) is 19.7. The van der Waals surface area contributed by atoms with Gasteiger partial charge >= 0.3 is 0 Å². The quantitative estimate of drug-likeness (QED) is 0.760. The Balaban J connectivity index is 1.60. The van der Waals surface area contributed by atoms with Crippen LogP contribution in [0.1, 0.15) is 31.4 Å². The summed E-state index contributed by atoms with van der Waals surface area (Å²) >= 11 is 0. The van der Waals surface area contributed by atoms with Crippen LogP contribution in [0.2, 0.25) is 0 Å². The van der Waals surface area contributed by atoms with Gasteiger partial charge in [-0.2, -0.15) is 5.10 Å². The van der Waals surface area contributed by atoms with Crippen molar-refractivity contribution in [1.82, 2.24) is 14.5 Å². The fourth-order valence-corrected chi connectivity index (χ4v) is 3.69. The van der Waals surface area contributed by atoms with E-state index in [1.165, 1.54) is 0 Å². The van der Waals surface area contributed by atoms with Gasteiger partial charge in [0.15, 0.2) is 5.82 Å². The van der Waals surface area contributed by atoms with E-state index in [1.54, 1.807) is 9.42 Å². The molecule has 0 saturated carbocycles. The summed E-state index contributed by atoms with van der Waals surface area (Å²) < 4.78 is 1.72. The largest absolute Gasteiger partial charge is 0.326 e. The summed E-state index contributed by atoms with van der Waals surface area (Å²) in [5.74, 6) is 0.549. The maximum Gasteiger partial charge on any atom is 0.248 e. The van der Waals surface area contributed by atoms with Gasteiger partial charge in [0.2, 0.25) is 11.8 Å². The molecule has 0 aliphatic carbocycles. The van der Waals surface area contributed by atoms with E-state index in [1.807, 2.05) is 68.6 Å². The number of carbonyl (C=O) groups is 2. The average molecular weight is 376 g/mol. The number of benzene rings is 1. The first kappa shape index (κ1) is 18.2. The lowest BCUT2D eigenvalue weighted by atomic mass is 9.92. The van der Waals surface area contributed by atoms with Crippen LogP contribution in [0.4, 0.5) is 5.82 Å². The van der Waals surface area contributed by atoms with Gasteiger partial charge in [-0.25, -0.2) is 4.52 Å². The van der Waals surface area contributed by atoms with Gasteiger partial charge < -0.3 is 10.2 Å². The first-order chi connectivity index (χ1) is 13.5.